The van der Waals surface area contributed by atoms with Crippen molar-refractivity contribution in [1.29, 1.82) is 0 Å². The van der Waals surface area contributed by atoms with Crippen molar-refractivity contribution < 1.29 is 9.90 Å². The summed E-state index contributed by atoms with van der Waals surface area (Å²) in [6, 6.07) is 4.88. The van der Waals surface area contributed by atoms with Crippen molar-refractivity contribution in [2.45, 2.75) is 83.5 Å². The van der Waals surface area contributed by atoms with Gasteiger partial charge in [-0.1, -0.05) is 45.4 Å². The van der Waals surface area contributed by atoms with Crippen LogP contribution >= 0.6 is 0 Å². The quantitative estimate of drug-likeness (QED) is 0.716. The standard InChI is InChI=1S/C22H30O2/c1-14-10-18-19(22(4,5)9-8-21(18,2)3)13-17(14)16-7-6-15(11-16)12-20(23)24/h10,12-13,16H,6-9,11H2,1-5H3,(H,23,24)/b15-12-. The number of aryl methyl sites for hydroxylation is 1. The number of carbonyl (C=O) groups is 1. The lowest BCUT2D eigenvalue weighted by Crippen LogP contribution is -2.34. The maximum Gasteiger partial charge on any atom is 0.328 e. The number of fused-ring (bicyclic) bond motifs is 1. The van der Waals surface area contributed by atoms with Crippen molar-refractivity contribution in [2.24, 2.45) is 0 Å². The zero-order chi connectivity index (χ0) is 17.7. The van der Waals surface area contributed by atoms with Crippen molar-refractivity contribution in [1.82, 2.24) is 0 Å². The van der Waals surface area contributed by atoms with Gasteiger partial charge in [-0.25, -0.2) is 4.79 Å². The first-order valence-corrected chi connectivity index (χ1v) is 9.18. The summed E-state index contributed by atoms with van der Waals surface area (Å²) in [5.74, 6) is -0.336. The predicted molar refractivity (Wildman–Crippen MR) is 98.8 cm³/mol. The van der Waals surface area contributed by atoms with E-state index in [1.807, 2.05) is 0 Å². The van der Waals surface area contributed by atoms with Gasteiger partial charge in [-0.2, -0.15) is 0 Å². The lowest BCUT2D eigenvalue weighted by molar-refractivity contribution is -0.131. The summed E-state index contributed by atoms with van der Waals surface area (Å²) in [7, 11) is 0. The maximum atomic E-state index is 10.9. The smallest absolute Gasteiger partial charge is 0.328 e. The van der Waals surface area contributed by atoms with E-state index in [0.29, 0.717) is 5.92 Å². The summed E-state index contributed by atoms with van der Waals surface area (Å²) in [5, 5.41) is 8.99. The Bertz CT molecular complexity index is 707. The second kappa shape index (κ2) is 5.75. The number of hydrogen-bond donors (Lipinski definition) is 1. The first-order valence-electron chi connectivity index (χ1n) is 9.18. The summed E-state index contributed by atoms with van der Waals surface area (Å²) in [6.45, 7) is 11.7. The second-order valence-corrected chi connectivity index (χ2v) is 9.10. The molecule has 2 heteroatoms. The third kappa shape index (κ3) is 3.03. The average molecular weight is 326 g/mol. The molecule has 1 aromatic rings. The molecule has 0 radical (unpaired) electrons. The van der Waals surface area contributed by atoms with Gasteiger partial charge in [-0.15, -0.1) is 0 Å². The molecule has 2 nitrogen and oxygen atoms in total. The minimum absolute atomic E-state index is 0.228. The molecule has 1 saturated carbocycles. The molecule has 0 aliphatic heterocycles. The van der Waals surface area contributed by atoms with Gasteiger partial charge in [-0.3, -0.25) is 0 Å². The Morgan fingerprint density at radius 1 is 1.12 bits per heavy atom. The van der Waals surface area contributed by atoms with Crippen LogP contribution in [-0.2, 0) is 15.6 Å². The molecule has 2 aliphatic carbocycles. The SMILES string of the molecule is Cc1cc2c(cc1C1CC/C(=C/C(=O)O)C1)C(C)(C)CCC2(C)C. The molecule has 130 valence electrons. The molecule has 3 rings (SSSR count). The lowest BCUT2D eigenvalue weighted by Gasteiger charge is -2.42. The van der Waals surface area contributed by atoms with Gasteiger partial charge in [0.2, 0.25) is 0 Å². The van der Waals surface area contributed by atoms with Crippen molar-refractivity contribution in [3.63, 3.8) is 0 Å². The first kappa shape index (κ1) is 17.3. The Kier molecular flexibility index (Phi) is 4.14. The summed E-state index contributed by atoms with van der Waals surface area (Å²) < 4.78 is 0. The third-order valence-corrected chi connectivity index (χ3v) is 6.33. The van der Waals surface area contributed by atoms with Crippen LogP contribution in [-0.4, -0.2) is 11.1 Å². The molecule has 1 fully saturated rings. The second-order valence-electron chi connectivity index (χ2n) is 9.10. The summed E-state index contributed by atoms with van der Waals surface area (Å²) in [6.07, 6.45) is 6.77. The lowest BCUT2D eigenvalue weighted by atomic mass is 9.62. The van der Waals surface area contributed by atoms with Gasteiger partial charge >= 0.3 is 5.97 Å². The Morgan fingerprint density at radius 3 is 2.29 bits per heavy atom. The van der Waals surface area contributed by atoms with Gasteiger partial charge in [0.25, 0.3) is 0 Å². The highest BCUT2D eigenvalue weighted by molar-refractivity contribution is 5.80. The van der Waals surface area contributed by atoms with Crippen LogP contribution < -0.4 is 0 Å². The number of rotatable bonds is 2. The van der Waals surface area contributed by atoms with Crippen molar-refractivity contribution in [3.8, 4) is 0 Å². The molecule has 0 heterocycles. The Hall–Kier alpha value is -1.57. The van der Waals surface area contributed by atoms with Gasteiger partial charge in [0.1, 0.15) is 0 Å². The number of carboxylic acid groups (broad SMARTS) is 1. The van der Waals surface area contributed by atoms with Crippen molar-refractivity contribution in [2.75, 3.05) is 0 Å². The van der Waals surface area contributed by atoms with E-state index in [-0.39, 0.29) is 10.8 Å². The molecule has 0 bridgehead atoms. The molecule has 1 atom stereocenters. The highest BCUT2D eigenvalue weighted by Gasteiger charge is 2.38. The summed E-state index contributed by atoms with van der Waals surface area (Å²) >= 11 is 0. The third-order valence-electron chi connectivity index (χ3n) is 6.33. The molecule has 0 spiro atoms. The number of carboxylic acids is 1. The van der Waals surface area contributed by atoms with Crippen LogP contribution in [0.4, 0.5) is 0 Å². The van der Waals surface area contributed by atoms with Crippen LogP contribution in [0, 0.1) is 6.92 Å². The molecule has 2 aliphatic rings. The van der Waals surface area contributed by atoms with E-state index >= 15 is 0 Å². The Balaban J connectivity index is 2.02. The summed E-state index contributed by atoms with van der Waals surface area (Å²) in [4.78, 5) is 10.9. The van der Waals surface area contributed by atoms with Gasteiger partial charge in [0, 0.05) is 6.08 Å². The Labute approximate surface area is 146 Å². The number of benzene rings is 1. The van der Waals surface area contributed by atoms with E-state index in [1.54, 1.807) is 0 Å². The minimum Gasteiger partial charge on any atom is -0.478 e. The van der Waals surface area contributed by atoms with Gasteiger partial charge in [-0.05, 0) is 78.0 Å². The normalized spacial score (nSPS) is 26.4. The van der Waals surface area contributed by atoms with Crippen molar-refractivity contribution in [3.05, 3.63) is 46.0 Å². The monoisotopic (exact) mass is 326 g/mol. The van der Waals surface area contributed by atoms with Crippen LogP contribution in [0.1, 0.15) is 88.0 Å². The fourth-order valence-electron chi connectivity index (χ4n) is 4.63. The van der Waals surface area contributed by atoms with Crippen LogP contribution in [0.25, 0.3) is 0 Å². The van der Waals surface area contributed by atoms with E-state index in [2.05, 4.69) is 46.8 Å². The molecule has 1 aromatic carbocycles. The van der Waals surface area contributed by atoms with Crippen LogP contribution in [0.15, 0.2) is 23.8 Å². The fourth-order valence-corrected chi connectivity index (χ4v) is 4.63. The summed E-state index contributed by atoms with van der Waals surface area (Å²) in [5.41, 5.74) is 7.40. The van der Waals surface area contributed by atoms with Gasteiger partial charge < -0.3 is 5.11 Å². The van der Waals surface area contributed by atoms with E-state index < -0.39 is 5.97 Å². The average Bonchev–Trinajstić information content (AvgIpc) is 2.91. The van der Waals surface area contributed by atoms with Gasteiger partial charge in [0.05, 0.1) is 0 Å². The van der Waals surface area contributed by atoms with Gasteiger partial charge in [0.15, 0.2) is 0 Å². The number of hydrogen-bond acceptors (Lipinski definition) is 1. The van der Waals surface area contributed by atoms with Crippen LogP contribution in [0.5, 0.6) is 0 Å². The topological polar surface area (TPSA) is 37.3 Å². The highest BCUT2D eigenvalue weighted by atomic mass is 16.4. The molecule has 24 heavy (non-hydrogen) atoms. The maximum absolute atomic E-state index is 10.9. The fraction of sp³-hybridized carbons (Fsp3) is 0.591. The molecule has 0 amide bonds. The van der Waals surface area contributed by atoms with Crippen molar-refractivity contribution >= 4 is 5.97 Å². The van der Waals surface area contributed by atoms with E-state index in [4.69, 9.17) is 5.11 Å². The van der Waals surface area contributed by atoms with E-state index in [0.717, 1.165) is 24.8 Å². The van der Waals surface area contributed by atoms with E-state index in [1.165, 1.54) is 41.2 Å². The first-order chi connectivity index (χ1) is 11.1. The number of allylic oxidation sites excluding steroid dienone is 1. The zero-order valence-corrected chi connectivity index (χ0v) is 15.7. The molecule has 0 aromatic heterocycles. The highest BCUT2D eigenvalue weighted by Crippen LogP contribution is 2.48. The molecule has 1 N–H and O–H groups in total. The van der Waals surface area contributed by atoms with Crippen LogP contribution in [0.2, 0.25) is 0 Å². The van der Waals surface area contributed by atoms with Crippen LogP contribution in [0.3, 0.4) is 0 Å². The predicted octanol–water partition coefficient (Wildman–Crippen LogP) is 5.62. The van der Waals surface area contributed by atoms with E-state index in [9.17, 15) is 4.79 Å². The molecule has 0 saturated heterocycles. The Morgan fingerprint density at radius 2 is 1.71 bits per heavy atom. The number of aliphatic carboxylic acids is 1. The minimum atomic E-state index is -0.810. The molecular weight excluding hydrogens is 296 g/mol. The molecule has 1 unspecified atom stereocenters. The largest absolute Gasteiger partial charge is 0.478 e. The molecular formula is C22H30O2. The zero-order valence-electron chi connectivity index (χ0n) is 15.7.